The highest BCUT2D eigenvalue weighted by Crippen LogP contribution is 2.21. The van der Waals surface area contributed by atoms with Crippen molar-refractivity contribution in [3.63, 3.8) is 0 Å². The SMILES string of the molecule is O=C(COCc1cc(-c2ccc(F)cc2)on1)N1CCN(c2ccccc2)CC1. The third kappa shape index (κ3) is 4.81. The smallest absolute Gasteiger partial charge is 0.248 e. The van der Waals surface area contributed by atoms with Gasteiger partial charge in [0.25, 0.3) is 0 Å². The number of anilines is 1. The number of aromatic nitrogens is 1. The van der Waals surface area contributed by atoms with Crippen LogP contribution in [0, 0.1) is 5.82 Å². The predicted octanol–water partition coefficient (Wildman–Crippen LogP) is 3.35. The molecule has 0 atom stereocenters. The highest BCUT2D eigenvalue weighted by Gasteiger charge is 2.21. The van der Waals surface area contributed by atoms with Crippen LogP contribution in [0.15, 0.2) is 65.2 Å². The summed E-state index contributed by atoms with van der Waals surface area (Å²) >= 11 is 0. The Kier molecular flexibility index (Phi) is 5.86. The Hall–Kier alpha value is -3.19. The fourth-order valence-corrected chi connectivity index (χ4v) is 3.32. The van der Waals surface area contributed by atoms with E-state index < -0.39 is 0 Å². The van der Waals surface area contributed by atoms with Crippen LogP contribution in [-0.2, 0) is 16.1 Å². The monoisotopic (exact) mass is 395 g/mol. The molecule has 0 aliphatic carbocycles. The zero-order valence-electron chi connectivity index (χ0n) is 16.0. The van der Waals surface area contributed by atoms with E-state index in [-0.39, 0.29) is 24.9 Å². The number of hydrogen-bond donors (Lipinski definition) is 0. The summed E-state index contributed by atoms with van der Waals surface area (Å²) in [5.41, 5.74) is 2.50. The van der Waals surface area contributed by atoms with Crippen LogP contribution >= 0.6 is 0 Å². The van der Waals surface area contributed by atoms with Crippen LogP contribution in [0.1, 0.15) is 5.69 Å². The molecule has 2 heterocycles. The maximum Gasteiger partial charge on any atom is 0.248 e. The summed E-state index contributed by atoms with van der Waals surface area (Å²) in [5, 5.41) is 3.94. The maximum atomic E-state index is 13.0. The van der Waals surface area contributed by atoms with E-state index in [0.29, 0.717) is 24.5 Å². The number of hydrogen-bond acceptors (Lipinski definition) is 5. The van der Waals surface area contributed by atoms with Crippen molar-refractivity contribution in [3.8, 4) is 11.3 Å². The molecule has 1 aliphatic rings. The summed E-state index contributed by atoms with van der Waals surface area (Å²) in [6, 6.07) is 17.9. The summed E-state index contributed by atoms with van der Waals surface area (Å²) in [5.74, 6) is 0.201. The molecule has 2 aromatic carbocycles. The molecule has 6 nitrogen and oxygen atoms in total. The van der Waals surface area contributed by atoms with Gasteiger partial charge in [-0.1, -0.05) is 23.4 Å². The first-order chi connectivity index (χ1) is 14.2. The molecule has 1 aromatic heterocycles. The molecule has 0 unspecified atom stereocenters. The standard InChI is InChI=1S/C22H22FN3O3/c23-18-8-6-17(7-9-18)21-14-19(24-29-21)15-28-16-22(27)26-12-10-25(11-13-26)20-4-2-1-3-5-20/h1-9,14H,10-13,15-16H2. The van der Waals surface area contributed by atoms with Crippen molar-refractivity contribution in [1.82, 2.24) is 10.1 Å². The van der Waals surface area contributed by atoms with Crippen molar-refractivity contribution >= 4 is 11.6 Å². The van der Waals surface area contributed by atoms with E-state index in [1.165, 1.54) is 17.8 Å². The Balaban J connectivity index is 1.22. The molecule has 7 heteroatoms. The Labute approximate surface area is 168 Å². The van der Waals surface area contributed by atoms with E-state index in [1.807, 2.05) is 23.1 Å². The third-order valence-corrected chi connectivity index (χ3v) is 4.92. The number of rotatable bonds is 6. The number of halogens is 1. The quantitative estimate of drug-likeness (QED) is 0.641. The van der Waals surface area contributed by atoms with E-state index in [9.17, 15) is 9.18 Å². The van der Waals surface area contributed by atoms with Crippen LogP contribution in [0.3, 0.4) is 0 Å². The molecular formula is C22H22FN3O3. The zero-order valence-corrected chi connectivity index (χ0v) is 16.0. The van der Waals surface area contributed by atoms with Crippen LogP contribution in [0.5, 0.6) is 0 Å². The van der Waals surface area contributed by atoms with Gasteiger partial charge < -0.3 is 19.1 Å². The molecule has 1 fully saturated rings. The highest BCUT2D eigenvalue weighted by atomic mass is 19.1. The second kappa shape index (κ2) is 8.87. The molecule has 0 radical (unpaired) electrons. The minimum Gasteiger partial charge on any atom is -0.368 e. The first-order valence-corrected chi connectivity index (χ1v) is 9.56. The predicted molar refractivity (Wildman–Crippen MR) is 107 cm³/mol. The van der Waals surface area contributed by atoms with Crippen molar-refractivity contribution in [2.24, 2.45) is 0 Å². The van der Waals surface area contributed by atoms with Gasteiger partial charge in [-0.25, -0.2) is 4.39 Å². The Morgan fingerprint density at radius 1 is 1.03 bits per heavy atom. The second-order valence-corrected chi connectivity index (χ2v) is 6.89. The summed E-state index contributed by atoms with van der Waals surface area (Å²) in [6.07, 6.45) is 0. The number of ether oxygens (including phenoxy) is 1. The average Bonchev–Trinajstić information content (AvgIpc) is 3.24. The molecule has 1 amide bonds. The molecule has 1 saturated heterocycles. The molecule has 4 rings (SSSR count). The number of benzene rings is 2. The van der Waals surface area contributed by atoms with Crippen LogP contribution in [0.4, 0.5) is 10.1 Å². The van der Waals surface area contributed by atoms with Gasteiger partial charge >= 0.3 is 0 Å². The van der Waals surface area contributed by atoms with Crippen molar-refractivity contribution in [3.05, 3.63) is 72.2 Å². The normalized spacial score (nSPS) is 14.2. The van der Waals surface area contributed by atoms with Crippen LogP contribution in [-0.4, -0.2) is 48.7 Å². The van der Waals surface area contributed by atoms with Crippen LogP contribution in [0.2, 0.25) is 0 Å². The second-order valence-electron chi connectivity index (χ2n) is 6.89. The number of amides is 1. The van der Waals surface area contributed by atoms with Crippen molar-refractivity contribution < 1.29 is 18.4 Å². The largest absolute Gasteiger partial charge is 0.368 e. The number of para-hydroxylation sites is 1. The number of carbonyl (C=O) groups is 1. The van der Waals surface area contributed by atoms with Gasteiger partial charge in [0, 0.05) is 43.5 Å². The lowest BCUT2D eigenvalue weighted by molar-refractivity contribution is -0.136. The fraction of sp³-hybridized carbons (Fsp3) is 0.273. The van der Waals surface area contributed by atoms with E-state index in [4.69, 9.17) is 9.26 Å². The summed E-state index contributed by atoms with van der Waals surface area (Å²) < 4.78 is 23.8. The van der Waals surface area contributed by atoms with Gasteiger partial charge in [-0.05, 0) is 36.4 Å². The summed E-state index contributed by atoms with van der Waals surface area (Å²) in [4.78, 5) is 16.5. The lowest BCUT2D eigenvalue weighted by Crippen LogP contribution is -2.49. The Morgan fingerprint density at radius 3 is 2.48 bits per heavy atom. The van der Waals surface area contributed by atoms with Crippen LogP contribution < -0.4 is 4.90 Å². The highest BCUT2D eigenvalue weighted by molar-refractivity contribution is 5.77. The van der Waals surface area contributed by atoms with E-state index in [1.54, 1.807) is 18.2 Å². The lowest BCUT2D eigenvalue weighted by atomic mass is 10.1. The maximum absolute atomic E-state index is 13.0. The zero-order chi connectivity index (χ0) is 20.1. The first-order valence-electron chi connectivity index (χ1n) is 9.56. The topological polar surface area (TPSA) is 58.8 Å². The number of carbonyl (C=O) groups excluding carboxylic acids is 1. The summed E-state index contributed by atoms with van der Waals surface area (Å²) in [6.45, 7) is 3.15. The van der Waals surface area contributed by atoms with Gasteiger partial charge in [-0.3, -0.25) is 4.79 Å². The minimum atomic E-state index is -0.306. The first kappa shape index (κ1) is 19.1. The minimum absolute atomic E-state index is 0.00405. The summed E-state index contributed by atoms with van der Waals surface area (Å²) in [7, 11) is 0. The molecule has 1 aliphatic heterocycles. The van der Waals surface area contributed by atoms with Crippen LogP contribution in [0.25, 0.3) is 11.3 Å². The number of nitrogens with zero attached hydrogens (tertiary/aromatic N) is 3. The molecular weight excluding hydrogens is 373 g/mol. The van der Waals surface area contributed by atoms with E-state index in [2.05, 4.69) is 22.2 Å². The third-order valence-electron chi connectivity index (χ3n) is 4.92. The van der Waals surface area contributed by atoms with Gasteiger partial charge in [0.05, 0.1) is 6.61 Å². The van der Waals surface area contributed by atoms with Gasteiger partial charge in [-0.2, -0.15) is 0 Å². The molecule has 0 saturated carbocycles. The van der Waals surface area contributed by atoms with Crippen molar-refractivity contribution in [2.45, 2.75) is 6.61 Å². The van der Waals surface area contributed by atoms with Gasteiger partial charge in [0.1, 0.15) is 18.1 Å². The van der Waals surface area contributed by atoms with Gasteiger partial charge in [-0.15, -0.1) is 0 Å². The molecule has 150 valence electrons. The molecule has 0 N–H and O–H groups in total. The van der Waals surface area contributed by atoms with E-state index >= 15 is 0 Å². The van der Waals surface area contributed by atoms with Gasteiger partial charge in [0.15, 0.2) is 5.76 Å². The lowest BCUT2D eigenvalue weighted by Gasteiger charge is -2.36. The fourth-order valence-electron chi connectivity index (χ4n) is 3.32. The Morgan fingerprint density at radius 2 is 1.76 bits per heavy atom. The molecule has 29 heavy (non-hydrogen) atoms. The van der Waals surface area contributed by atoms with Crippen molar-refractivity contribution in [2.75, 3.05) is 37.7 Å². The average molecular weight is 395 g/mol. The molecule has 0 spiro atoms. The molecule has 0 bridgehead atoms. The Bertz CT molecular complexity index is 935. The van der Waals surface area contributed by atoms with Gasteiger partial charge in [0.2, 0.25) is 5.91 Å². The molecule has 3 aromatic rings. The van der Waals surface area contributed by atoms with E-state index in [0.717, 1.165) is 18.7 Å². The van der Waals surface area contributed by atoms with Crippen molar-refractivity contribution in [1.29, 1.82) is 0 Å². The number of piperazine rings is 1.